The molecule has 1 aromatic heterocycles. The average molecular weight is 521 g/mol. The van der Waals surface area contributed by atoms with Gasteiger partial charge in [-0.05, 0) is 60.2 Å². The molecule has 7 nitrogen and oxygen atoms in total. The molecule has 0 spiro atoms. The van der Waals surface area contributed by atoms with E-state index in [0.717, 1.165) is 5.56 Å². The molecular formula is C29H29ClN2O5. The minimum atomic E-state index is -1.84. The Morgan fingerprint density at radius 1 is 1.08 bits per heavy atom. The molecule has 0 aliphatic rings. The van der Waals surface area contributed by atoms with E-state index in [2.05, 4.69) is 10.5 Å². The van der Waals surface area contributed by atoms with Gasteiger partial charge in [-0.25, -0.2) is 4.79 Å². The molecule has 1 amide bonds. The molecule has 0 bridgehead atoms. The number of para-hydroxylation sites is 1. The maximum atomic E-state index is 13.8. The second-order valence-corrected chi connectivity index (χ2v) is 10.2. The van der Waals surface area contributed by atoms with Crippen LogP contribution in [0.15, 0.2) is 76.0 Å². The van der Waals surface area contributed by atoms with Crippen molar-refractivity contribution in [3.8, 4) is 5.75 Å². The highest BCUT2D eigenvalue weighted by molar-refractivity contribution is 6.31. The lowest BCUT2D eigenvalue weighted by Crippen LogP contribution is -2.49. The summed E-state index contributed by atoms with van der Waals surface area (Å²) in [5, 5.41) is 20.0. The number of carbonyl (C=O) groups excluding carboxylic acids is 1. The van der Waals surface area contributed by atoms with Crippen LogP contribution in [0.5, 0.6) is 5.75 Å². The third-order valence-corrected chi connectivity index (χ3v) is 6.96. The van der Waals surface area contributed by atoms with Crippen LogP contribution in [0.4, 0.5) is 5.69 Å². The zero-order chi connectivity index (χ0) is 26.8. The maximum absolute atomic E-state index is 13.8. The van der Waals surface area contributed by atoms with E-state index >= 15 is 0 Å². The SMILES string of the molecule is COc1ccccc1C(C)(C)CC(O)(Cc1ccccc1Cl)C(=O)Nc1ccc2c(=O)onc(C)c2c1. The minimum absolute atomic E-state index is 0.00512. The molecule has 0 aliphatic carbocycles. The predicted octanol–water partition coefficient (Wildman–Crippen LogP) is 5.44. The molecule has 0 aliphatic heterocycles. The van der Waals surface area contributed by atoms with Crippen LogP contribution in [0.3, 0.4) is 0 Å². The molecule has 4 rings (SSSR count). The standard InChI is InChI=1S/C29H29ClN2O5/c1-18-22-15-20(13-14-21(22)26(33)37-32-18)31-27(34)29(35,16-19-9-5-7-11-24(19)30)17-28(2,3)23-10-6-8-12-25(23)36-4/h5-15,35H,16-17H2,1-4H3,(H,31,34). The molecule has 0 saturated heterocycles. The summed E-state index contributed by atoms with van der Waals surface area (Å²) in [5.74, 6) is 0.0765. The Balaban J connectivity index is 1.73. The smallest absolute Gasteiger partial charge is 0.366 e. The van der Waals surface area contributed by atoms with Crippen LogP contribution in [0.1, 0.15) is 37.1 Å². The van der Waals surface area contributed by atoms with Crippen LogP contribution in [0.2, 0.25) is 5.02 Å². The predicted molar refractivity (Wildman–Crippen MR) is 144 cm³/mol. The number of aromatic nitrogens is 1. The van der Waals surface area contributed by atoms with Gasteiger partial charge in [-0.2, -0.15) is 0 Å². The molecule has 192 valence electrons. The third kappa shape index (κ3) is 5.53. The number of methoxy groups -OCH3 is 1. The van der Waals surface area contributed by atoms with Gasteiger partial charge in [0.1, 0.15) is 11.4 Å². The number of fused-ring (bicyclic) bond motifs is 1. The van der Waals surface area contributed by atoms with Crippen LogP contribution in [-0.4, -0.2) is 28.9 Å². The first kappa shape index (κ1) is 26.4. The molecule has 0 saturated carbocycles. The first-order valence-electron chi connectivity index (χ1n) is 11.9. The quantitative estimate of drug-likeness (QED) is 0.321. The average Bonchev–Trinajstić information content (AvgIpc) is 2.87. The van der Waals surface area contributed by atoms with Gasteiger partial charge in [-0.15, -0.1) is 0 Å². The maximum Gasteiger partial charge on any atom is 0.366 e. The summed E-state index contributed by atoms with van der Waals surface area (Å²) in [7, 11) is 1.59. The van der Waals surface area contributed by atoms with Gasteiger partial charge in [0.15, 0.2) is 0 Å². The monoisotopic (exact) mass is 520 g/mol. The lowest BCUT2D eigenvalue weighted by molar-refractivity contribution is -0.136. The Hall–Kier alpha value is -3.68. The van der Waals surface area contributed by atoms with E-state index in [4.69, 9.17) is 20.9 Å². The largest absolute Gasteiger partial charge is 0.496 e. The van der Waals surface area contributed by atoms with Gasteiger partial charge in [0, 0.05) is 22.5 Å². The van der Waals surface area contributed by atoms with Gasteiger partial charge < -0.3 is 19.7 Å². The van der Waals surface area contributed by atoms with Gasteiger partial charge in [0.25, 0.3) is 5.91 Å². The van der Waals surface area contributed by atoms with E-state index < -0.39 is 22.5 Å². The molecule has 37 heavy (non-hydrogen) atoms. The molecular weight excluding hydrogens is 492 g/mol. The molecule has 8 heteroatoms. The number of aliphatic hydroxyl groups is 1. The Bertz CT molecular complexity index is 1510. The van der Waals surface area contributed by atoms with Crippen LogP contribution < -0.4 is 15.7 Å². The second-order valence-electron chi connectivity index (χ2n) is 9.83. The molecule has 4 aromatic rings. The van der Waals surface area contributed by atoms with E-state index in [9.17, 15) is 14.7 Å². The summed E-state index contributed by atoms with van der Waals surface area (Å²) >= 11 is 6.42. The zero-order valence-electron chi connectivity index (χ0n) is 21.2. The van der Waals surface area contributed by atoms with Gasteiger partial charge in [-0.3, -0.25) is 4.79 Å². The van der Waals surface area contributed by atoms with Crippen molar-refractivity contribution in [2.45, 2.75) is 44.6 Å². The van der Waals surface area contributed by atoms with E-state index in [-0.39, 0.29) is 12.8 Å². The van der Waals surface area contributed by atoms with Gasteiger partial charge in [0.05, 0.1) is 18.2 Å². The number of ether oxygens (including phenoxy) is 1. The molecule has 0 fully saturated rings. The molecule has 1 heterocycles. The number of benzene rings is 3. The first-order chi connectivity index (χ1) is 17.5. The van der Waals surface area contributed by atoms with Crippen LogP contribution in [0, 0.1) is 6.92 Å². The summed E-state index contributed by atoms with van der Waals surface area (Å²) in [4.78, 5) is 25.8. The normalized spacial score (nSPS) is 13.2. The van der Waals surface area contributed by atoms with Crippen molar-refractivity contribution in [2.24, 2.45) is 0 Å². The van der Waals surface area contributed by atoms with Crippen molar-refractivity contribution in [2.75, 3.05) is 12.4 Å². The van der Waals surface area contributed by atoms with Crippen molar-refractivity contribution in [3.63, 3.8) is 0 Å². The van der Waals surface area contributed by atoms with Gasteiger partial charge >= 0.3 is 5.63 Å². The Kier molecular flexibility index (Phi) is 7.39. The number of nitrogens with zero attached hydrogens (tertiary/aromatic N) is 1. The van der Waals surface area contributed by atoms with E-state index in [1.807, 2.05) is 44.2 Å². The number of aryl methyl sites for hydroxylation is 1. The Morgan fingerprint density at radius 2 is 1.78 bits per heavy atom. The van der Waals surface area contributed by atoms with Crippen LogP contribution in [0.25, 0.3) is 10.8 Å². The van der Waals surface area contributed by atoms with Crippen molar-refractivity contribution < 1.29 is 19.2 Å². The fourth-order valence-corrected chi connectivity index (χ4v) is 4.97. The number of amides is 1. The van der Waals surface area contributed by atoms with E-state index in [1.54, 1.807) is 50.4 Å². The Morgan fingerprint density at radius 3 is 2.51 bits per heavy atom. The first-order valence-corrected chi connectivity index (χ1v) is 12.2. The lowest BCUT2D eigenvalue weighted by Gasteiger charge is -2.36. The van der Waals surface area contributed by atoms with Crippen LogP contribution >= 0.6 is 11.6 Å². The number of rotatable bonds is 8. The number of hydrogen-bond donors (Lipinski definition) is 2. The highest BCUT2D eigenvalue weighted by atomic mass is 35.5. The number of carbonyl (C=O) groups is 1. The molecule has 1 unspecified atom stereocenters. The highest BCUT2D eigenvalue weighted by Gasteiger charge is 2.43. The topological polar surface area (TPSA) is 102 Å². The van der Waals surface area contributed by atoms with Crippen molar-refractivity contribution in [1.29, 1.82) is 0 Å². The molecule has 1 atom stereocenters. The number of hydrogen-bond acceptors (Lipinski definition) is 6. The minimum Gasteiger partial charge on any atom is -0.496 e. The summed E-state index contributed by atoms with van der Waals surface area (Å²) < 4.78 is 10.3. The lowest BCUT2D eigenvalue weighted by atomic mass is 9.72. The number of halogens is 1. The fraction of sp³-hybridized carbons (Fsp3) is 0.276. The summed E-state index contributed by atoms with van der Waals surface area (Å²) in [6, 6.07) is 19.5. The van der Waals surface area contributed by atoms with Gasteiger partial charge in [0.2, 0.25) is 0 Å². The van der Waals surface area contributed by atoms with Crippen molar-refractivity contribution in [3.05, 3.63) is 99.0 Å². The molecule has 3 aromatic carbocycles. The molecule has 2 N–H and O–H groups in total. The summed E-state index contributed by atoms with van der Waals surface area (Å²) in [6.45, 7) is 5.63. The van der Waals surface area contributed by atoms with Gasteiger partial charge in [-0.1, -0.05) is 67.0 Å². The van der Waals surface area contributed by atoms with Crippen molar-refractivity contribution in [1.82, 2.24) is 5.16 Å². The summed E-state index contributed by atoms with van der Waals surface area (Å²) in [5.41, 5.74) is -0.617. The number of anilines is 1. The van der Waals surface area contributed by atoms with E-state index in [0.29, 0.717) is 38.5 Å². The molecule has 0 radical (unpaired) electrons. The van der Waals surface area contributed by atoms with Crippen molar-refractivity contribution >= 4 is 34.0 Å². The van der Waals surface area contributed by atoms with Crippen LogP contribution in [-0.2, 0) is 16.6 Å². The van der Waals surface area contributed by atoms with E-state index in [1.165, 1.54) is 0 Å². The third-order valence-electron chi connectivity index (χ3n) is 6.59. The Labute approximate surface area is 220 Å². The fourth-order valence-electron chi connectivity index (χ4n) is 4.77. The highest BCUT2D eigenvalue weighted by Crippen LogP contribution is 2.39. The second kappa shape index (κ2) is 10.4. The summed E-state index contributed by atoms with van der Waals surface area (Å²) in [6.07, 6.45) is 0.0734. The number of nitrogens with one attached hydrogen (secondary N) is 1. The zero-order valence-corrected chi connectivity index (χ0v) is 21.9.